The van der Waals surface area contributed by atoms with Gasteiger partial charge in [0.1, 0.15) is 39.9 Å². The standard InChI is InChI=1S/C31H35Cl2FN4O4.C24H24Cl2FN3O3.C6H12N2O2/c1-29(2)8-10-30(11-9-29)14-18(20(39)13-16-3-5-21(26(35)40)42-15-16)23(17-7-12-36-25(33)24(17)34)31(30)19-4-6-22(32)37-27(19)38-28(31)41;1-22(2)6-8-23(9-7-22)11-13(20(31)32)16(12-5-10-28-18(26)17(12)27)24(23)14-3-4-15(25)29-19(14)30-21(24)33;7-4-1-2-5(6(8)9)10-3-4/h4,6-7,12,16,18,21,23H,3,5,8-11,13-15H2,1-2H3,(H2,35,40)(H,37,38,41);3-5,10,13,16H,6-9,11H2,1-2H3,(H,31,32)(H,29,30,33);4-5H,1-3,7H2,(H2,8,9)/t16-,18-,21-,23-,31+;13-,16+,24?;4-,5+/m011/s1. The summed E-state index contributed by atoms with van der Waals surface area (Å²) in [5, 5.41) is 15.9. The van der Waals surface area contributed by atoms with Crippen LogP contribution in [0.25, 0.3) is 0 Å². The average Bonchev–Trinajstić information content (AvgIpc) is 1.54. The van der Waals surface area contributed by atoms with Crippen molar-refractivity contribution >= 4 is 93.4 Å². The fraction of sp³-hybridized carbons (Fsp3) is 0.574. The molecule has 4 spiro atoms. The van der Waals surface area contributed by atoms with Crippen molar-refractivity contribution in [2.45, 2.75) is 165 Å². The van der Waals surface area contributed by atoms with Crippen molar-refractivity contribution in [3.05, 3.63) is 103 Å². The first kappa shape index (κ1) is 62.6. The van der Waals surface area contributed by atoms with Gasteiger partial charge < -0.3 is 42.4 Å². The third-order valence-electron chi connectivity index (χ3n) is 20.5. The SMILES string of the molecule is CC1(C)CCC2(CC1)C[C@@H](C(=O)C[C@@H]1CC[C@@H](C(N)=O)OC1)[C@H](c1ccnc(Cl)c1F)[C@]21C(=O)Nc2nc(Cl)ccc21.CC1(C)CCC2(CC1)C[C@@H](C(=O)O)[C@H](c1ccnc(Cl)c1F)C21C(=O)Nc2nc(Cl)ccc21.NC(=O)[C@@H]1CC[C@@H](N)CO1. The fourth-order valence-electron chi connectivity index (χ4n) is 16.1. The van der Waals surface area contributed by atoms with Gasteiger partial charge in [-0.25, -0.2) is 28.7 Å². The highest BCUT2D eigenvalue weighted by Gasteiger charge is 2.75. The normalized spacial score (nSPS) is 30.8. The molecule has 0 aromatic carbocycles. The van der Waals surface area contributed by atoms with Crippen LogP contribution in [-0.4, -0.2) is 91.9 Å². The molecular formula is C61H71Cl4F2N9O9. The molecule has 4 aromatic heterocycles. The van der Waals surface area contributed by atoms with Crippen LogP contribution >= 0.6 is 46.4 Å². The van der Waals surface area contributed by atoms with E-state index in [0.717, 1.165) is 32.1 Å². The number of hydrogen-bond acceptors (Lipinski definition) is 13. The van der Waals surface area contributed by atoms with Crippen molar-refractivity contribution in [1.82, 2.24) is 19.9 Å². The topological polar surface area (TPSA) is 295 Å². The van der Waals surface area contributed by atoms with Crippen LogP contribution in [0.4, 0.5) is 20.4 Å². The number of pyridine rings is 4. The van der Waals surface area contributed by atoms with Crippen LogP contribution in [0.1, 0.15) is 158 Å². The van der Waals surface area contributed by atoms with Gasteiger partial charge in [-0.15, -0.1) is 0 Å². The Labute approximate surface area is 511 Å². The minimum absolute atomic E-state index is 0.0530. The number of Topliss-reactive ketones (excluding diaryl/α,β-unsaturated/α-hetero) is 1. The van der Waals surface area contributed by atoms with Crippen molar-refractivity contribution in [1.29, 1.82) is 0 Å². The van der Waals surface area contributed by atoms with Gasteiger partial charge in [0.2, 0.25) is 23.6 Å². The largest absolute Gasteiger partial charge is 0.481 e. The molecule has 8 aliphatic rings. The molecule has 18 nitrogen and oxygen atoms in total. The number of aliphatic carboxylic acids is 1. The molecule has 1 unspecified atom stereocenters. The predicted octanol–water partition coefficient (Wildman–Crippen LogP) is 10.3. The fourth-order valence-corrected chi connectivity index (χ4v) is 16.7. The number of nitrogens with zero attached hydrogens (tertiary/aromatic N) is 4. The summed E-state index contributed by atoms with van der Waals surface area (Å²) >= 11 is 24.6. The molecule has 0 radical (unpaired) electrons. The molecule has 2 saturated heterocycles. The lowest BCUT2D eigenvalue weighted by Crippen LogP contribution is -2.52. The maximum absolute atomic E-state index is 16.0. The maximum Gasteiger partial charge on any atom is 0.307 e. The number of halogens is 6. The molecule has 24 heteroatoms. The number of carboxylic acid groups (broad SMARTS) is 1. The van der Waals surface area contributed by atoms with Crippen LogP contribution in [0.5, 0.6) is 0 Å². The van der Waals surface area contributed by atoms with Crippen molar-refractivity contribution in [2.24, 2.45) is 56.6 Å². The number of aromatic nitrogens is 4. The first-order valence-corrected chi connectivity index (χ1v) is 30.5. The molecule has 4 aliphatic heterocycles. The molecule has 10 atom stereocenters. The van der Waals surface area contributed by atoms with E-state index in [4.69, 9.17) is 73.1 Å². The summed E-state index contributed by atoms with van der Waals surface area (Å²) in [6.45, 7) is 9.49. The first-order chi connectivity index (χ1) is 40.1. The Morgan fingerprint density at radius 3 is 1.45 bits per heavy atom. The van der Waals surface area contributed by atoms with Crippen LogP contribution in [0.3, 0.4) is 0 Å². The summed E-state index contributed by atoms with van der Waals surface area (Å²) in [7, 11) is 0. The molecule has 4 amide bonds. The number of anilines is 2. The first-order valence-electron chi connectivity index (χ1n) is 29.0. The van der Waals surface area contributed by atoms with Gasteiger partial charge in [0, 0.05) is 53.7 Å². The summed E-state index contributed by atoms with van der Waals surface area (Å²) in [6.07, 6.45) is 11.2. The Morgan fingerprint density at radius 1 is 0.624 bits per heavy atom. The Hall–Kier alpha value is -5.48. The molecule has 4 aliphatic carbocycles. The van der Waals surface area contributed by atoms with Crippen LogP contribution in [-0.2, 0) is 49.1 Å². The van der Waals surface area contributed by atoms with Crippen molar-refractivity contribution in [2.75, 3.05) is 23.8 Å². The van der Waals surface area contributed by atoms with Crippen molar-refractivity contribution in [3.63, 3.8) is 0 Å². The molecule has 9 N–H and O–H groups in total. The predicted molar refractivity (Wildman–Crippen MR) is 314 cm³/mol. The number of fused-ring (bicyclic) bond motifs is 6. The van der Waals surface area contributed by atoms with Gasteiger partial charge in [0.15, 0.2) is 21.9 Å². The number of ketones is 1. The van der Waals surface area contributed by atoms with Crippen LogP contribution in [0, 0.1) is 51.0 Å². The number of hydrogen-bond donors (Lipinski definition) is 6. The number of ether oxygens (including phenoxy) is 2. The van der Waals surface area contributed by atoms with Gasteiger partial charge in [-0.05, 0) is 153 Å². The highest BCUT2D eigenvalue weighted by atomic mass is 35.5. The molecule has 12 rings (SSSR count). The third-order valence-corrected chi connectivity index (χ3v) is 21.4. The molecule has 4 aromatic rings. The number of nitrogens with one attached hydrogen (secondary N) is 2. The van der Waals surface area contributed by atoms with Crippen LogP contribution < -0.4 is 27.8 Å². The van der Waals surface area contributed by atoms with Crippen molar-refractivity contribution in [3.8, 4) is 0 Å². The molecular weight excluding hydrogens is 1180 g/mol. The number of carboxylic acids is 1. The van der Waals surface area contributed by atoms with E-state index in [1.807, 2.05) is 6.07 Å². The smallest absolute Gasteiger partial charge is 0.307 e. The number of nitrogens with two attached hydrogens (primary N) is 3. The number of primary amides is 2. The summed E-state index contributed by atoms with van der Waals surface area (Å²) in [6, 6.07) is 9.88. The van der Waals surface area contributed by atoms with E-state index in [0.29, 0.717) is 80.7 Å². The second kappa shape index (κ2) is 23.6. The van der Waals surface area contributed by atoms with E-state index in [9.17, 15) is 33.9 Å². The van der Waals surface area contributed by atoms with E-state index >= 15 is 8.78 Å². The van der Waals surface area contributed by atoms with Crippen molar-refractivity contribution < 1.29 is 52.1 Å². The zero-order chi connectivity index (χ0) is 61.3. The highest BCUT2D eigenvalue weighted by molar-refractivity contribution is 6.30. The quantitative estimate of drug-likeness (QED) is 0.0895. The Bertz CT molecular complexity index is 3320. The van der Waals surface area contributed by atoms with Gasteiger partial charge in [0.05, 0.1) is 30.0 Å². The summed E-state index contributed by atoms with van der Waals surface area (Å²) < 4.78 is 42.1. The third kappa shape index (κ3) is 11.0. The highest BCUT2D eigenvalue weighted by Crippen LogP contribution is 2.74. The number of amides is 4. The van der Waals surface area contributed by atoms with Gasteiger partial charge in [-0.1, -0.05) is 86.2 Å². The second-order valence-corrected chi connectivity index (χ2v) is 27.8. The zero-order valence-electron chi connectivity index (χ0n) is 47.8. The molecule has 85 heavy (non-hydrogen) atoms. The van der Waals surface area contributed by atoms with E-state index in [2.05, 4.69) is 58.3 Å². The molecule has 8 heterocycles. The van der Waals surface area contributed by atoms with E-state index in [-0.39, 0.29) is 97.5 Å². The Balaban J connectivity index is 0.000000166. The zero-order valence-corrected chi connectivity index (χ0v) is 50.8. The van der Waals surface area contributed by atoms with Gasteiger partial charge >= 0.3 is 5.97 Å². The monoisotopic (exact) mass is 1250 g/mol. The number of rotatable bonds is 8. The molecule has 456 valence electrons. The average molecular weight is 1250 g/mol. The van der Waals surface area contributed by atoms with E-state index in [1.54, 1.807) is 24.3 Å². The minimum Gasteiger partial charge on any atom is -0.481 e. The minimum atomic E-state index is -1.31. The van der Waals surface area contributed by atoms with Gasteiger partial charge in [-0.2, -0.15) is 0 Å². The summed E-state index contributed by atoms with van der Waals surface area (Å²) in [4.78, 5) is 94.1. The maximum atomic E-state index is 16.0. The lowest BCUT2D eigenvalue weighted by Gasteiger charge is -2.50. The van der Waals surface area contributed by atoms with Crippen LogP contribution in [0.15, 0.2) is 48.8 Å². The second-order valence-electron chi connectivity index (χ2n) is 26.3. The summed E-state index contributed by atoms with van der Waals surface area (Å²) in [5.74, 6) is -7.04. The Kier molecular flexibility index (Phi) is 17.3. The van der Waals surface area contributed by atoms with Crippen LogP contribution in [0.2, 0.25) is 20.6 Å². The number of carbonyl (C=O) groups is 6. The molecule has 6 fully saturated rings. The lowest BCUT2D eigenvalue weighted by molar-refractivity contribution is -0.142. The van der Waals surface area contributed by atoms with E-state index in [1.165, 1.54) is 18.5 Å². The summed E-state index contributed by atoms with van der Waals surface area (Å²) in [5.41, 5.74) is 13.7. The lowest BCUT2D eigenvalue weighted by atomic mass is 9.51. The van der Waals surface area contributed by atoms with Gasteiger partial charge in [0.25, 0.3) is 0 Å². The van der Waals surface area contributed by atoms with E-state index < -0.39 is 81.1 Å². The molecule has 0 bridgehead atoms. The molecule has 4 saturated carbocycles. The van der Waals surface area contributed by atoms with Gasteiger partial charge in [-0.3, -0.25) is 28.8 Å². The Morgan fingerprint density at radius 2 is 1.05 bits per heavy atom. The number of carbonyl (C=O) groups excluding carboxylic acids is 5.